The molecule has 0 bridgehead atoms. The Morgan fingerprint density at radius 3 is 2.94 bits per heavy atom. The molecular formula is C10H15N5OS. The molecule has 0 saturated carbocycles. The SMILES string of the molecule is CC(C)(C)CC(=O)NCc1nn2cnnc2s1. The Hall–Kier alpha value is -1.50. The number of hydrogen-bond acceptors (Lipinski definition) is 5. The third-order valence-electron chi connectivity index (χ3n) is 2.06. The summed E-state index contributed by atoms with van der Waals surface area (Å²) in [5.74, 6) is 0.0449. The van der Waals surface area contributed by atoms with Gasteiger partial charge in [0.1, 0.15) is 11.3 Å². The maximum atomic E-state index is 11.6. The van der Waals surface area contributed by atoms with E-state index in [4.69, 9.17) is 0 Å². The average Bonchev–Trinajstić information content (AvgIpc) is 2.70. The van der Waals surface area contributed by atoms with Crippen molar-refractivity contribution in [1.29, 1.82) is 0 Å². The van der Waals surface area contributed by atoms with Crippen molar-refractivity contribution in [2.24, 2.45) is 5.41 Å². The van der Waals surface area contributed by atoms with Crippen LogP contribution in [0.1, 0.15) is 32.2 Å². The molecule has 0 aliphatic heterocycles. The first-order chi connectivity index (χ1) is 7.94. The second-order valence-electron chi connectivity index (χ2n) is 5.07. The molecule has 0 saturated heterocycles. The van der Waals surface area contributed by atoms with Gasteiger partial charge in [-0.3, -0.25) is 4.79 Å². The van der Waals surface area contributed by atoms with Crippen LogP contribution in [0.15, 0.2) is 6.33 Å². The molecule has 0 fully saturated rings. The summed E-state index contributed by atoms with van der Waals surface area (Å²) < 4.78 is 1.61. The van der Waals surface area contributed by atoms with E-state index in [0.717, 1.165) is 9.97 Å². The van der Waals surface area contributed by atoms with Gasteiger partial charge in [-0.15, -0.1) is 10.2 Å². The van der Waals surface area contributed by atoms with Crippen molar-refractivity contribution >= 4 is 22.2 Å². The number of rotatable bonds is 3. The summed E-state index contributed by atoms with van der Waals surface area (Å²) in [6.07, 6.45) is 2.06. The first-order valence-corrected chi connectivity index (χ1v) is 6.18. The minimum absolute atomic E-state index is 0.00542. The minimum Gasteiger partial charge on any atom is -0.349 e. The van der Waals surface area contributed by atoms with Gasteiger partial charge < -0.3 is 5.32 Å². The molecule has 17 heavy (non-hydrogen) atoms. The van der Waals surface area contributed by atoms with Gasteiger partial charge in [0.25, 0.3) is 0 Å². The van der Waals surface area contributed by atoms with Crippen LogP contribution in [-0.2, 0) is 11.3 Å². The highest BCUT2D eigenvalue weighted by Crippen LogP contribution is 2.18. The van der Waals surface area contributed by atoms with Crippen LogP contribution in [0.3, 0.4) is 0 Å². The Kier molecular flexibility index (Phi) is 3.10. The molecule has 0 aromatic carbocycles. The molecule has 2 rings (SSSR count). The van der Waals surface area contributed by atoms with E-state index in [1.165, 1.54) is 11.3 Å². The molecule has 2 aromatic heterocycles. The topological polar surface area (TPSA) is 72.2 Å². The quantitative estimate of drug-likeness (QED) is 0.893. The Morgan fingerprint density at radius 1 is 1.53 bits per heavy atom. The van der Waals surface area contributed by atoms with Gasteiger partial charge in [0, 0.05) is 6.42 Å². The largest absolute Gasteiger partial charge is 0.349 e. The Balaban J connectivity index is 1.90. The van der Waals surface area contributed by atoms with Crippen LogP contribution in [0.2, 0.25) is 0 Å². The zero-order valence-corrected chi connectivity index (χ0v) is 10.9. The van der Waals surface area contributed by atoms with Crippen LogP contribution >= 0.6 is 11.3 Å². The lowest BCUT2D eigenvalue weighted by atomic mass is 9.92. The summed E-state index contributed by atoms with van der Waals surface area (Å²) >= 11 is 1.43. The van der Waals surface area contributed by atoms with Gasteiger partial charge in [-0.1, -0.05) is 32.1 Å². The Bertz CT molecular complexity index is 496. The fraction of sp³-hybridized carbons (Fsp3) is 0.600. The van der Waals surface area contributed by atoms with Crippen LogP contribution < -0.4 is 5.32 Å². The monoisotopic (exact) mass is 253 g/mol. The third-order valence-corrected chi connectivity index (χ3v) is 2.97. The van der Waals surface area contributed by atoms with Gasteiger partial charge in [0.05, 0.1) is 6.54 Å². The van der Waals surface area contributed by atoms with Crippen LogP contribution in [0.4, 0.5) is 0 Å². The van der Waals surface area contributed by atoms with Crippen LogP contribution in [0.25, 0.3) is 4.96 Å². The molecule has 6 nitrogen and oxygen atoms in total. The highest BCUT2D eigenvalue weighted by molar-refractivity contribution is 7.16. The second kappa shape index (κ2) is 4.40. The standard InChI is InChI=1S/C10H15N5OS/c1-10(2,3)4-7(16)11-5-8-14-15-6-12-13-9(15)17-8/h6H,4-5H2,1-3H3,(H,11,16). The molecule has 2 heterocycles. The molecule has 2 aromatic rings. The molecule has 7 heteroatoms. The van der Waals surface area contributed by atoms with Gasteiger partial charge in [0.2, 0.25) is 10.9 Å². The maximum absolute atomic E-state index is 11.6. The van der Waals surface area contributed by atoms with Crippen LogP contribution in [-0.4, -0.2) is 25.7 Å². The van der Waals surface area contributed by atoms with E-state index in [2.05, 4.69) is 20.6 Å². The normalized spacial score (nSPS) is 11.9. The van der Waals surface area contributed by atoms with Crippen molar-refractivity contribution in [3.05, 3.63) is 11.3 Å². The van der Waals surface area contributed by atoms with E-state index in [0.29, 0.717) is 13.0 Å². The summed E-state index contributed by atoms with van der Waals surface area (Å²) in [5, 5.41) is 15.5. The highest BCUT2D eigenvalue weighted by atomic mass is 32.1. The number of fused-ring (bicyclic) bond motifs is 1. The molecule has 0 aliphatic rings. The predicted octanol–water partition coefficient (Wildman–Crippen LogP) is 1.24. The molecule has 0 unspecified atom stereocenters. The van der Waals surface area contributed by atoms with E-state index in [9.17, 15) is 4.79 Å². The zero-order valence-electron chi connectivity index (χ0n) is 10.1. The zero-order chi connectivity index (χ0) is 12.5. The van der Waals surface area contributed by atoms with Crippen molar-refractivity contribution in [3.8, 4) is 0 Å². The molecule has 92 valence electrons. The average molecular weight is 253 g/mol. The molecule has 1 amide bonds. The summed E-state index contributed by atoms with van der Waals surface area (Å²) in [6, 6.07) is 0. The first kappa shape index (κ1) is 12.0. The maximum Gasteiger partial charge on any atom is 0.234 e. The Labute approximate surface area is 103 Å². The van der Waals surface area contributed by atoms with Gasteiger partial charge in [-0.05, 0) is 5.41 Å². The lowest BCUT2D eigenvalue weighted by molar-refractivity contribution is -0.122. The van der Waals surface area contributed by atoms with Crippen molar-refractivity contribution in [3.63, 3.8) is 0 Å². The Morgan fingerprint density at radius 2 is 2.29 bits per heavy atom. The van der Waals surface area contributed by atoms with E-state index < -0.39 is 0 Å². The molecule has 1 N–H and O–H groups in total. The number of hydrogen-bond donors (Lipinski definition) is 1. The number of carbonyl (C=O) groups is 1. The van der Waals surface area contributed by atoms with Crippen LogP contribution in [0, 0.1) is 5.41 Å². The smallest absolute Gasteiger partial charge is 0.234 e. The van der Waals surface area contributed by atoms with Gasteiger partial charge in [-0.2, -0.15) is 9.61 Å². The minimum atomic E-state index is 0.00542. The summed E-state index contributed by atoms with van der Waals surface area (Å²) in [5.41, 5.74) is 0.00542. The fourth-order valence-electron chi connectivity index (χ4n) is 1.39. The third kappa shape index (κ3) is 3.23. The lowest BCUT2D eigenvalue weighted by Gasteiger charge is -2.16. The summed E-state index contributed by atoms with van der Waals surface area (Å²) in [6.45, 7) is 6.56. The van der Waals surface area contributed by atoms with E-state index in [-0.39, 0.29) is 11.3 Å². The number of carbonyl (C=O) groups excluding carboxylic acids is 1. The van der Waals surface area contributed by atoms with Crippen LogP contribution in [0.5, 0.6) is 0 Å². The highest BCUT2D eigenvalue weighted by Gasteiger charge is 2.16. The van der Waals surface area contributed by atoms with Crippen molar-refractivity contribution in [1.82, 2.24) is 25.1 Å². The van der Waals surface area contributed by atoms with E-state index in [1.54, 1.807) is 10.8 Å². The number of amides is 1. The van der Waals surface area contributed by atoms with Crippen molar-refractivity contribution in [2.45, 2.75) is 33.7 Å². The van der Waals surface area contributed by atoms with Crippen molar-refractivity contribution in [2.75, 3.05) is 0 Å². The van der Waals surface area contributed by atoms with E-state index in [1.807, 2.05) is 20.8 Å². The molecule has 0 spiro atoms. The fourth-order valence-corrected chi connectivity index (χ4v) is 2.14. The second-order valence-corrected chi connectivity index (χ2v) is 6.11. The number of nitrogens with one attached hydrogen (secondary N) is 1. The van der Waals surface area contributed by atoms with Crippen molar-refractivity contribution < 1.29 is 4.79 Å². The number of nitrogens with zero attached hydrogens (tertiary/aromatic N) is 4. The molecular weight excluding hydrogens is 238 g/mol. The van der Waals surface area contributed by atoms with Gasteiger partial charge in [0.15, 0.2) is 0 Å². The van der Waals surface area contributed by atoms with E-state index >= 15 is 0 Å². The molecule has 0 aliphatic carbocycles. The molecule has 0 atom stereocenters. The lowest BCUT2D eigenvalue weighted by Crippen LogP contribution is -2.27. The summed E-state index contributed by atoms with van der Waals surface area (Å²) in [4.78, 5) is 12.4. The van der Waals surface area contributed by atoms with Gasteiger partial charge in [-0.25, -0.2) is 0 Å². The summed E-state index contributed by atoms with van der Waals surface area (Å²) in [7, 11) is 0. The molecule has 0 radical (unpaired) electrons. The van der Waals surface area contributed by atoms with Gasteiger partial charge >= 0.3 is 0 Å². The number of aromatic nitrogens is 4. The first-order valence-electron chi connectivity index (χ1n) is 5.36. The predicted molar refractivity (Wildman–Crippen MR) is 64.6 cm³/mol.